The molecule has 18 heavy (non-hydrogen) atoms. The number of halogens is 1. The molecule has 0 amide bonds. The lowest BCUT2D eigenvalue weighted by atomic mass is 10.0. The molecule has 2 nitrogen and oxygen atoms in total. The fourth-order valence-electron chi connectivity index (χ4n) is 2.29. The van der Waals surface area contributed by atoms with Gasteiger partial charge in [0.2, 0.25) is 0 Å². The Morgan fingerprint density at radius 1 is 1.33 bits per heavy atom. The van der Waals surface area contributed by atoms with Crippen LogP contribution in [-0.2, 0) is 0 Å². The van der Waals surface area contributed by atoms with Crippen molar-refractivity contribution in [2.24, 2.45) is 0 Å². The van der Waals surface area contributed by atoms with E-state index in [1.165, 1.54) is 6.07 Å². The third-order valence-electron chi connectivity index (χ3n) is 3.25. The van der Waals surface area contributed by atoms with Gasteiger partial charge in [-0.2, -0.15) is 0 Å². The molecule has 100 valence electrons. The van der Waals surface area contributed by atoms with Crippen LogP contribution >= 0.6 is 11.8 Å². The Morgan fingerprint density at radius 2 is 2.22 bits per heavy atom. The second-order valence-electron chi connectivity index (χ2n) is 4.59. The van der Waals surface area contributed by atoms with Crippen LogP contribution < -0.4 is 5.32 Å². The summed E-state index contributed by atoms with van der Waals surface area (Å²) in [6.07, 6.45) is 4.03. The predicted octanol–water partition coefficient (Wildman–Crippen LogP) is 3.11. The van der Waals surface area contributed by atoms with Gasteiger partial charge in [-0.25, -0.2) is 4.39 Å². The van der Waals surface area contributed by atoms with Crippen molar-refractivity contribution < 1.29 is 9.50 Å². The SMILES string of the molecule is OCCCCCNC1CCSc2c(F)cccc21. The maximum atomic E-state index is 13.7. The largest absolute Gasteiger partial charge is 0.396 e. The molecule has 0 aliphatic carbocycles. The number of benzene rings is 1. The summed E-state index contributed by atoms with van der Waals surface area (Å²) in [5.41, 5.74) is 1.11. The van der Waals surface area contributed by atoms with Crippen molar-refractivity contribution in [1.29, 1.82) is 0 Å². The van der Waals surface area contributed by atoms with Gasteiger partial charge in [0.05, 0.1) is 0 Å². The van der Waals surface area contributed by atoms with E-state index in [0.717, 1.165) is 48.4 Å². The Kier molecular flexibility index (Phi) is 5.47. The van der Waals surface area contributed by atoms with Crippen molar-refractivity contribution in [1.82, 2.24) is 5.32 Å². The Hall–Kier alpha value is -0.580. The number of fused-ring (bicyclic) bond motifs is 1. The zero-order valence-electron chi connectivity index (χ0n) is 10.5. The van der Waals surface area contributed by atoms with E-state index in [1.807, 2.05) is 6.07 Å². The number of nitrogens with one attached hydrogen (secondary N) is 1. The first kappa shape index (κ1) is 13.8. The molecule has 0 fully saturated rings. The molecule has 1 unspecified atom stereocenters. The summed E-state index contributed by atoms with van der Waals surface area (Å²) < 4.78 is 13.7. The van der Waals surface area contributed by atoms with Gasteiger partial charge in [-0.1, -0.05) is 12.1 Å². The van der Waals surface area contributed by atoms with Gasteiger partial charge in [0, 0.05) is 17.5 Å². The number of hydrogen-bond acceptors (Lipinski definition) is 3. The molecule has 2 rings (SSSR count). The number of thioether (sulfide) groups is 1. The molecule has 0 aromatic heterocycles. The average molecular weight is 269 g/mol. The number of unbranched alkanes of at least 4 members (excludes halogenated alkanes) is 2. The van der Waals surface area contributed by atoms with E-state index in [9.17, 15) is 4.39 Å². The van der Waals surface area contributed by atoms with E-state index in [-0.39, 0.29) is 18.5 Å². The van der Waals surface area contributed by atoms with Crippen LogP contribution in [-0.4, -0.2) is 24.0 Å². The summed E-state index contributed by atoms with van der Waals surface area (Å²) in [6.45, 7) is 1.21. The predicted molar refractivity (Wildman–Crippen MR) is 73.4 cm³/mol. The van der Waals surface area contributed by atoms with Crippen molar-refractivity contribution in [3.05, 3.63) is 29.6 Å². The summed E-state index contributed by atoms with van der Waals surface area (Å²) >= 11 is 1.62. The highest BCUT2D eigenvalue weighted by Gasteiger charge is 2.22. The number of hydrogen-bond donors (Lipinski definition) is 2. The molecule has 1 aliphatic rings. The fraction of sp³-hybridized carbons (Fsp3) is 0.571. The van der Waals surface area contributed by atoms with Gasteiger partial charge >= 0.3 is 0 Å². The number of aliphatic hydroxyl groups excluding tert-OH is 1. The summed E-state index contributed by atoms with van der Waals surface area (Å²) in [5, 5.41) is 12.2. The van der Waals surface area contributed by atoms with Crippen molar-refractivity contribution in [2.75, 3.05) is 18.9 Å². The van der Waals surface area contributed by atoms with E-state index < -0.39 is 0 Å². The Labute approximate surface area is 112 Å². The molecule has 0 radical (unpaired) electrons. The molecule has 0 bridgehead atoms. The van der Waals surface area contributed by atoms with E-state index in [0.29, 0.717) is 0 Å². The fourth-order valence-corrected chi connectivity index (χ4v) is 3.43. The maximum Gasteiger partial charge on any atom is 0.137 e. The van der Waals surface area contributed by atoms with Crippen LogP contribution in [0.25, 0.3) is 0 Å². The number of rotatable bonds is 6. The molecule has 4 heteroatoms. The normalized spacial score (nSPS) is 18.7. The standard InChI is InChI=1S/C14H20FNOS/c15-12-6-4-5-11-13(7-10-18-14(11)12)16-8-2-1-3-9-17/h4-6,13,16-17H,1-3,7-10H2. The van der Waals surface area contributed by atoms with Gasteiger partial charge < -0.3 is 10.4 Å². The average Bonchev–Trinajstić information content (AvgIpc) is 2.39. The van der Waals surface area contributed by atoms with E-state index in [4.69, 9.17) is 5.11 Å². The Bertz CT molecular complexity index is 386. The minimum absolute atomic E-state index is 0.0933. The first-order valence-electron chi connectivity index (χ1n) is 6.58. The smallest absolute Gasteiger partial charge is 0.137 e. The topological polar surface area (TPSA) is 32.3 Å². The second kappa shape index (κ2) is 7.12. The van der Waals surface area contributed by atoms with Gasteiger partial charge in [-0.15, -0.1) is 11.8 Å². The van der Waals surface area contributed by atoms with Crippen molar-refractivity contribution in [3.63, 3.8) is 0 Å². The van der Waals surface area contributed by atoms with Crippen molar-refractivity contribution in [2.45, 2.75) is 36.6 Å². The van der Waals surface area contributed by atoms with Gasteiger partial charge in [0.1, 0.15) is 5.82 Å². The first-order valence-corrected chi connectivity index (χ1v) is 7.57. The molecule has 1 aliphatic heterocycles. The lowest BCUT2D eigenvalue weighted by Crippen LogP contribution is -2.25. The molecule has 1 heterocycles. The highest BCUT2D eigenvalue weighted by Crippen LogP contribution is 2.37. The number of aliphatic hydroxyl groups is 1. The second-order valence-corrected chi connectivity index (χ2v) is 5.69. The maximum absolute atomic E-state index is 13.7. The lowest BCUT2D eigenvalue weighted by molar-refractivity contribution is 0.282. The molecule has 0 saturated carbocycles. The van der Waals surface area contributed by atoms with Gasteiger partial charge in [0.15, 0.2) is 0 Å². The molecule has 1 atom stereocenters. The van der Waals surface area contributed by atoms with E-state index in [2.05, 4.69) is 5.32 Å². The van der Waals surface area contributed by atoms with Crippen LogP contribution in [0.15, 0.2) is 23.1 Å². The van der Waals surface area contributed by atoms with Crippen molar-refractivity contribution in [3.8, 4) is 0 Å². The minimum atomic E-state index is -0.0933. The van der Waals surface area contributed by atoms with Crippen LogP contribution in [0.4, 0.5) is 4.39 Å². The van der Waals surface area contributed by atoms with Crippen LogP contribution in [0.5, 0.6) is 0 Å². The van der Waals surface area contributed by atoms with Crippen LogP contribution in [0.1, 0.15) is 37.3 Å². The third kappa shape index (κ3) is 3.46. The molecule has 2 N–H and O–H groups in total. The molecule has 1 aromatic carbocycles. The van der Waals surface area contributed by atoms with Crippen LogP contribution in [0, 0.1) is 5.82 Å². The quantitative estimate of drug-likeness (QED) is 0.778. The monoisotopic (exact) mass is 269 g/mol. The molecule has 1 aromatic rings. The summed E-state index contributed by atoms with van der Waals surface area (Å²) in [6, 6.07) is 5.64. The summed E-state index contributed by atoms with van der Waals surface area (Å²) in [5.74, 6) is 0.881. The zero-order valence-corrected chi connectivity index (χ0v) is 11.3. The van der Waals surface area contributed by atoms with E-state index >= 15 is 0 Å². The molecule has 0 saturated heterocycles. The van der Waals surface area contributed by atoms with Gasteiger partial charge in [-0.3, -0.25) is 0 Å². The highest BCUT2D eigenvalue weighted by molar-refractivity contribution is 7.99. The lowest BCUT2D eigenvalue weighted by Gasteiger charge is -2.26. The molecule has 0 spiro atoms. The third-order valence-corrected chi connectivity index (χ3v) is 4.41. The summed E-state index contributed by atoms with van der Waals surface area (Å²) in [7, 11) is 0. The Morgan fingerprint density at radius 3 is 3.06 bits per heavy atom. The van der Waals surface area contributed by atoms with E-state index in [1.54, 1.807) is 17.8 Å². The first-order chi connectivity index (χ1) is 8.83. The van der Waals surface area contributed by atoms with Crippen LogP contribution in [0.3, 0.4) is 0 Å². The molecular weight excluding hydrogens is 249 g/mol. The minimum Gasteiger partial charge on any atom is -0.396 e. The Balaban J connectivity index is 1.90. The van der Waals surface area contributed by atoms with Crippen molar-refractivity contribution >= 4 is 11.8 Å². The van der Waals surface area contributed by atoms with Gasteiger partial charge in [-0.05, 0) is 49.6 Å². The zero-order chi connectivity index (χ0) is 12.8. The van der Waals surface area contributed by atoms with Gasteiger partial charge in [0.25, 0.3) is 0 Å². The highest BCUT2D eigenvalue weighted by atomic mass is 32.2. The van der Waals surface area contributed by atoms with Crippen LogP contribution in [0.2, 0.25) is 0 Å². The summed E-state index contributed by atoms with van der Waals surface area (Å²) in [4.78, 5) is 0.816. The molecular formula is C14H20FNOS.